The third-order valence-corrected chi connectivity index (χ3v) is 4.41. The molecule has 3 aromatic rings. The second-order valence-electron chi connectivity index (χ2n) is 7.16. The van der Waals surface area contributed by atoms with E-state index in [4.69, 9.17) is 0 Å². The quantitative estimate of drug-likeness (QED) is 0.665. The second kappa shape index (κ2) is 8.04. The summed E-state index contributed by atoms with van der Waals surface area (Å²) in [6, 6.07) is 8.29. The number of amides is 1. The molecule has 2 aromatic heterocycles. The van der Waals surface area contributed by atoms with Crippen LogP contribution in [0.5, 0.6) is 0 Å². The van der Waals surface area contributed by atoms with Crippen LogP contribution in [0.15, 0.2) is 48.8 Å². The topological polar surface area (TPSA) is 46.9 Å². The van der Waals surface area contributed by atoms with Gasteiger partial charge in [-0.05, 0) is 48.2 Å². The summed E-state index contributed by atoms with van der Waals surface area (Å²) < 4.78 is 40.5. The number of alkyl halides is 3. The number of nitrogens with zero attached hydrogens (tertiary/aromatic N) is 2. The van der Waals surface area contributed by atoms with Gasteiger partial charge in [-0.25, -0.2) is 4.98 Å². The van der Waals surface area contributed by atoms with Gasteiger partial charge in [-0.2, -0.15) is 13.2 Å². The van der Waals surface area contributed by atoms with E-state index in [9.17, 15) is 18.0 Å². The number of benzene rings is 1. The highest BCUT2D eigenvalue weighted by Crippen LogP contribution is 2.29. The van der Waals surface area contributed by atoms with E-state index < -0.39 is 17.6 Å². The Labute approximate surface area is 161 Å². The third-order valence-electron chi connectivity index (χ3n) is 4.41. The van der Waals surface area contributed by atoms with E-state index in [1.807, 2.05) is 18.3 Å². The van der Waals surface area contributed by atoms with Crippen molar-refractivity contribution in [3.8, 4) is 0 Å². The maximum absolute atomic E-state index is 12.8. The van der Waals surface area contributed by atoms with Crippen molar-refractivity contribution in [1.82, 2.24) is 14.9 Å². The molecule has 0 atom stereocenters. The number of carbonyl (C=O) groups excluding carboxylic acids is 1. The molecule has 3 rings (SSSR count). The SMILES string of the molecule is CC(C)Cn1cc(CCNC(=O)c2cccc(C(F)(F)F)c2)c2cccnc21. The summed E-state index contributed by atoms with van der Waals surface area (Å²) in [7, 11) is 0. The van der Waals surface area contributed by atoms with E-state index in [2.05, 4.69) is 28.7 Å². The van der Waals surface area contributed by atoms with Crippen molar-refractivity contribution in [1.29, 1.82) is 0 Å². The summed E-state index contributed by atoms with van der Waals surface area (Å²) in [6.07, 6.45) is -0.119. The monoisotopic (exact) mass is 389 g/mol. The molecule has 4 nitrogen and oxygen atoms in total. The highest BCUT2D eigenvalue weighted by atomic mass is 19.4. The van der Waals surface area contributed by atoms with Gasteiger partial charge in [-0.15, -0.1) is 0 Å². The normalized spacial score (nSPS) is 11.9. The van der Waals surface area contributed by atoms with Crippen LogP contribution in [0.2, 0.25) is 0 Å². The Morgan fingerprint density at radius 2 is 2.00 bits per heavy atom. The molecule has 0 aliphatic rings. The van der Waals surface area contributed by atoms with Crippen LogP contribution in [-0.4, -0.2) is 22.0 Å². The van der Waals surface area contributed by atoms with Gasteiger partial charge in [0.2, 0.25) is 0 Å². The molecule has 148 valence electrons. The number of carbonyl (C=O) groups is 1. The first-order valence-corrected chi connectivity index (χ1v) is 9.14. The van der Waals surface area contributed by atoms with Crippen LogP contribution in [0, 0.1) is 5.92 Å². The lowest BCUT2D eigenvalue weighted by molar-refractivity contribution is -0.137. The number of pyridine rings is 1. The van der Waals surface area contributed by atoms with Crippen molar-refractivity contribution in [2.24, 2.45) is 5.92 Å². The van der Waals surface area contributed by atoms with Gasteiger partial charge in [0.05, 0.1) is 5.56 Å². The fraction of sp³-hybridized carbons (Fsp3) is 0.333. The average molecular weight is 389 g/mol. The molecule has 28 heavy (non-hydrogen) atoms. The smallest absolute Gasteiger partial charge is 0.352 e. The molecule has 1 N–H and O–H groups in total. The standard InChI is InChI=1S/C21H22F3N3O/c1-14(2)12-27-13-16(18-7-4-9-25-19(18)27)8-10-26-20(28)15-5-3-6-17(11-15)21(22,23)24/h3-7,9,11,13-14H,8,10,12H2,1-2H3,(H,26,28). The average Bonchev–Trinajstić information content (AvgIpc) is 2.98. The minimum atomic E-state index is -4.47. The van der Waals surface area contributed by atoms with Crippen LogP contribution < -0.4 is 5.32 Å². The zero-order valence-electron chi connectivity index (χ0n) is 15.8. The summed E-state index contributed by atoms with van der Waals surface area (Å²) in [5.41, 5.74) is 1.12. The van der Waals surface area contributed by atoms with Gasteiger partial charge < -0.3 is 9.88 Å². The number of rotatable bonds is 6. The van der Waals surface area contributed by atoms with E-state index in [0.29, 0.717) is 18.9 Å². The first kappa shape index (κ1) is 19.9. The maximum atomic E-state index is 12.8. The van der Waals surface area contributed by atoms with Crippen LogP contribution in [0.25, 0.3) is 11.0 Å². The predicted molar refractivity (Wildman–Crippen MR) is 102 cm³/mol. The molecule has 1 amide bonds. The summed E-state index contributed by atoms with van der Waals surface area (Å²) in [4.78, 5) is 16.7. The molecular weight excluding hydrogens is 367 g/mol. The predicted octanol–water partition coefficient (Wildman–Crippen LogP) is 4.68. The second-order valence-corrected chi connectivity index (χ2v) is 7.16. The molecule has 0 aliphatic carbocycles. The molecule has 7 heteroatoms. The van der Waals surface area contributed by atoms with E-state index in [-0.39, 0.29) is 5.56 Å². The van der Waals surface area contributed by atoms with Crippen molar-refractivity contribution in [3.63, 3.8) is 0 Å². The van der Waals surface area contributed by atoms with Gasteiger partial charge in [0.25, 0.3) is 5.91 Å². The molecular formula is C21H22F3N3O. The first-order valence-electron chi connectivity index (χ1n) is 9.14. The summed E-state index contributed by atoms with van der Waals surface area (Å²) in [5, 5.41) is 3.73. The van der Waals surface area contributed by atoms with Crippen molar-refractivity contribution in [3.05, 3.63) is 65.5 Å². The van der Waals surface area contributed by atoms with Gasteiger partial charge in [0, 0.05) is 36.4 Å². The van der Waals surface area contributed by atoms with E-state index in [1.54, 1.807) is 6.20 Å². The van der Waals surface area contributed by atoms with Gasteiger partial charge in [0.1, 0.15) is 5.65 Å². The Bertz CT molecular complexity index is 976. The maximum Gasteiger partial charge on any atom is 0.416 e. The molecule has 0 radical (unpaired) electrons. The van der Waals surface area contributed by atoms with Gasteiger partial charge in [-0.1, -0.05) is 19.9 Å². The van der Waals surface area contributed by atoms with Gasteiger partial charge in [0.15, 0.2) is 0 Å². The first-order chi connectivity index (χ1) is 13.3. The fourth-order valence-corrected chi connectivity index (χ4v) is 3.18. The largest absolute Gasteiger partial charge is 0.416 e. The van der Waals surface area contributed by atoms with E-state index in [1.165, 1.54) is 12.1 Å². The van der Waals surface area contributed by atoms with Crippen LogP contribution in [0.4, 0.5) is 13.2 Å². The lowest BCUT2D eigenvalue weighted by Crippen LogP contribution is -2.26. The van der Waals surface area contributed by atoms with Gasteiger partial charge in [-0.3, -0.25) is 4.79 Å². The minimum absolute atomic E-state index is 0.00118. The molecule has 0 spiro atoms. The summed E-state index contributed by atoms with van der Waals surface area (Å²) >= 11 is 0. The molecule has 0 bridgehead atoms. The lowest BCUT2D eigenvalue weighted by atomic mass is 10.1. The number of halogens is 3. The summed E-state index contributed by atoms with van der Waals surface area (Å²) in [6.45, 7) is 5.42. The van der Waals surface area contributed by atoms with Crippen LogP contribution >= 0.6 is 0 Å². The molecule has 1 aromatic carbocycles. The Balaban J connectivity index is 1.69. The fourth-order valence-electron chi connectivity index (χ4n) is 3.18. The Morgan fingerprint density at radius 3 is 2.71 bits per heavy atom. The van der Waals surface area contributed by atoms with Crippen LogP contribution in [-0.2, 0) is 19.1 Å². The Hall–Kier alpha value is -2.83. The lowest BCUT2D eigenvalue weighted by Gasteiger charge is -2.09. The minimum Gasteiger partial charge on any atom is -0.352 e. The van der Waals surface area contributed by atoms with E-state index >= 15 is 0 Å². The zero-order valence-corrected chi connectivity index (χ0v) is 15.8. The highest BCUT2D eigenvalue weighted by Gasteiger charge is 2.30. The van der Waals surface area contributed by atoms with Crippen LogP contribution in [0.3, 0.4) is 0 Å². The Morgan fingerprint density at radius 1 is 1.21 bits per heavy atom. The summed E-state index contributed by atoms with van der Waals surface area (Å²) in [5.74, 6) is -0.0544. The number of hydrogen-bond donors (Lipinski definition) is 1. The number of hydrogen-bond acceptors (Lipinski definition) is 2. The molecule has 0 unspecified atom stereocenters. The molecule has 0 fully saturated rings. The van der Waals surface area contributed by atoms with Crippen molar-refractivity contribution >= 4 is 16.9 Å². The molecule has 0 aliphatic heterocycles. The van der Waals surface area contributed by atoms with Crippen molar-refractivity contribution in [2.75, 3.05) is 6.54 Å². The Kier molecular flexibility index (Phi) is 5.72. The van der Waals surface area contributed by atoms with Crippen LogP contribution in [0.1, 0.15) is 35.3 Å². The molecule has 2 heterocycles. The zero-order chi connectivity index (χ0) is 20.3. The van der Waals surface area contributed by atoms with Crippen molar-refractivity contribution in [2.45, 2.75) is 33.0 Å². The number of fused-ring (bicyclic) bond motifs is 1. The van der Waals surface area contributed by atoms with Crippen molar-refractivity contribution < 1.29 is 18.0 Å². The molecule has 0 saturated carbocycles. The number of nitrogens with one attached hydrogen (secondary N) is 1. The van der Waals surface area contributed by atoms with E-state index in [0.717, 1.165) is 35.3 Å². The van der Waals surface area contributed by atoms with Gasteiger partial charge >= 0.3 is 6.18 Å². The third kappa shape index (κ3) is 4.52. The highest BCUT2D eigenvalue weighted by molar-refractivity contribution is 5.94. The molecule has 0 saturated heterocycles. The number of aromatic nitrogens is 2.